The molecule has 0 aliphatic heterocycles. The molecule has 0 radical (unpaired) electrons. The molecule has 164 valence electrons. The molecule has 0 N–H and O–H groups in total. The van der Waals surface area contributed by atoms with E-state index in [0.717, 1.165) is 0 Å². The number of unbranched alkanes of at least 4 members (excludes halogenated alkanes) is 14. The van der Waals surface area contributed by atoms with Gasteiger partial charge in [0.25, 0.3) is 5.82 Å². The molecule has 0 atom stereocenters. The van der Waals surface area contributed by atoms with Gasteiger partial charge in [0.05, 0.1) is 13.1 Å². The molecule has 1 aromatic heterocycles. The highest BCUT2D eigenvalue weighted by Crippen LogP contribution is 2.13. The molecule has 2 nitrogen and oxygen atoms in total. The van der Waals surface area contributed by atoms with E-state index in [-0.39, 0.29) is 0 Å². The molecule has 0 unspecified atom stereocenters. The second kappa shape index (κ2) is 18.3. The van der Waals surface area contributed by atoms with Crippen molar-refractivity contribution in [3.8, 4) is 0 Å². The van der Waals surface area contributed by atoms with Crippen molar-refractivity contribution in [3.05, 3.63) is 18.2 Å². The highest BCUT2D eigenvalue weighted by Gasteiger charge is 2.15. The smallest absolute Gasteiger partial charge is 0.234 e. The van der Waals surface area contributed by atoms with Gasteiger partial charge in [-0.25, -0.2) is 9.13 Å². The Morgan fingerprint density at radius 2 is 1.11 bits per heavy atom. The molecule has 0 saturated heterocycles. The first kappa shape index (κ1) is 25.2. The predicted molar refractivity (Wildman–Crippen MR) is 124 cm³/mol. The third-order valence-electron chi connectivity index (χ3n) is 6.07. The molecule has 28 heavy (non-hydrogen) atoms. The maximum absolute atomic E-state index is 2.54. The third kappa shape index (κ3) is 11.9. The lowest BCUT2D eigenvalue weighted by molar-refractivity contribution is -0.704. The Bertz CT molecular complexity index is 449. The summed E-state index contributed by atoms with van der Waals surface area (Å²) >= 11 is 0. The summed E-state index contributed by atoms with van der Waals surface area (Å²) in [7, 11) is 0. The first-order valence-electron chi connectivity index (χ1n) is 12.9. The Morgan fingerprint density at radius 1 is 0.607 bits per heavy atom. The second-order valence-electron chi connectivity index (χ2n) is 8.80. The van der Waals surface area contributed by atoms with E-state index >= 15 is 0 Å². The van der Waals surface area contributed by atoms with E-state index in [0.29, 0.717) is 0 Å². The summed E-state index contributed by atoms with van der Waals surface area (Å²) < 4.78 is 5.05. The zero-order valence-electron chi connectivity index (χ0n) is 19.7. The Balaban J connectivity index is 2.06. The Morgan fingerprint density at radius 3 is 1.64 bits per heavy atom. The lowest BCUT2D eigenvalue weighted by Crippen LogP contribution is -2.37. The highest BCUT2D eigenvalue weighted by molar-refractivity contribution is 4.84. The van der Waals surface area contributed by atoms with Gasteiger partial charge >= 0.3 is 0 Å². The van der Waals surface area contributed by atoms with Gasteiger partial charge in [-0.2, -0.15) is 0 Å². The highest BCUT2D eigenvalue weighted by atomic mass is 15.1. The van der Waals surface area contributed by atoms with Crippen LogP contribution < -0.4 is 4.57 Å². The summed E-state index contributed by atoms with van der Waals surface area (Å²) in [6.07, 6.45) is 29.8. The first-order chi connectivity index (χ1) is 13.8. The summed E-state index contributed by atoms with van der Waals surface area (Å²) in [5.41, 5.74) is 0. The molecular formula is C26H51N2+. The number of hydrogen-bond acceptors (Lipinski definition) is 0. The molecule has 0 spiro atoms. The van der Waals surface area contributed by atoms with Crippen LogP contribution in [0.25, 0.3) is 0 Å². The molecule has 1 aromatic rings. The lowest BCUT2D eigenvalue weighted by atomic mass is 10.0. The summed E-state index contributed by atoms with van der Waals surface area (Å²) in [5, 5.41) is 0. The summed E-state index contributed by atoms with van der Waals surface area (Å²) in [6.45, 7) is 9.31. The van der Waals surface area contributed by atoms with Crippen LogP contribution in [0.1, 0.15) is 136 Å². The number of nitrogens with zero attached hydrogens (tertiary/aromatic N) is 2. The monoisotopic (exact) mass is 391 g/mol. The van der Waals surface area contributed by atoms with Crippen LogP contribution in [-0.4, -0.2) is 4.57 Å². The van der Waals surface area contributed by atoms with Crippen molar-refractivity contribution in [1.82, 2.24) is 4.57 Å². The standard InChI is InChI=1S/C26H51N2/c1-4-7-9-10-11-12-13-14-15-16-17-18-20-23-28-25-24-27(22-19-8-5-2)26(28)21-6-3/h24-25H,4-23H2,1-3H3/q+1. The minimum absolute atomic E-state index is 1.20. The van der Waals surface area contributed by atoms with Gasteiger partial charge in [0.2, 0.25) is 0 Å². The minimum Gasteiger partial charge on any atom is -0.234 e. The molecule has 0 fully saturated rings. The van der Waals surface area contributed by atoms with Gasteiger partial charge in [0, 0.05) is 6.42 Å². The number of aryl methyl sites for hydroxylation is 2. The van der Waals surface area contributed by atoms with Crippen LogP contribution in [0, 0.1) is 0 Å². The largest absolute Gasteiger partial charge is 0.256 e. The molecule has 1 heterocycles. The second-order valence-corrected chi connectivity index (χ2v) is 8.80. The number of hydrogen-bond donors (Lipinski definition) is 0. The normalized spacial score (nSPS) is 11.4. The lowest BCUT2D eigenvalue weighted by Gasteiger charge is -2.05. The fraction of sp³-hybridized carbons (Fsp3) is 0.885. The fourth-order valence-corrected chi connectivity index (χ4v) is 4.25. The third-order valence-corrected chi connectivity index (χ3v) is 6.07. The van der Waals surface area contributed by atoms with Crippen molar-refractivity contribution >= 4 is 0 Å². The first-order valence-corrected chi connectivity index (χ1v) is 12.9. The molecule has 0 aromatic carbocycles. The van der Waals surface area contributed by atoms with E-state index < -0.39 is 0 Å². The van der Waals surface area contributed by atoms with Gasteiger partial charge in [0.1, 0.15) is 12.4 Å². The predicted octanol–water partition coefficient (Wildman–Crippen LogP) is 8.01. The van der Waals surface area contributed by atoms with Crippen LogP contribution >= 0.6 is 0 Å². The van der Waals surface area contributed by atoms with E-state index in [2.05, 4.69) is 42.3 Å². The van der Waals surface area contributed by atoms with Crippen LogP contribution in [0.15, 0.2) is 12.4 Å². The van der Waals surface area contributed by atoms with Crippen LogP contribution in [0.5, 0.6) is 0 Å². The fourth-order valence-electron chi connectivity index (χ4n) is 4.25. The number of aromatic nitrogens is 2. The quantitative estimate of drug-likeness (QED) is 0.157. The zero-order valence-corrected chi connectivity index (χ0v) is 19.7. The molecule has 0 saturated carbocycles. The van der Waals surface area contributed by atoms with Crippen LogP contribution in [-0.2, 0) is 19.5 Å². The number of rotatable bonds is 20. The van der Waals surface area contributed by atoms with Crippen molar-refractivity contribution in [2.24, 2.45) is 0 Å². The van der Waals surface area contributed by atoms with Gasteiger partial charge < -0.3 is 0 Å². The molecule has 0 bridgehead atoms. The van der Waals surface area contributed by atoms with E-state index in [1.54, 1.807) is 5.82 Å². The van der Waals surface area contributed by atoms with E-state index in [1.807, 2.05) is 0 Å². The van der Waals surface area contributed by atoms with Crippen LogP contribution in [0.4, 0.5) is 0 Å². The van der Waals surface area contributed by atoms with Gasteiger partial charge in [-0.05, 0) is 32.1 Å². The topological polar surface area (TPSA) is 8.81 Å². The van der Waals surface area contributed by atoms with Crippen molar-refractivity contribution in [3.63, 3.8) is 0 Å². The van der Waals surface area contributed by atoms with Gasteiger partial charge in [-0.1, -0.05) is 97.8 Å². The minimum atomic E-state index is 1.20. The average molecular weight is 392 g/mol. The Labute approximate surface area is 177 Å². The van der Waals surface area contributed by atoms with E-state index in [4.69, 9.17) is 0 Å². The molecular weight excluding hydrogens is 340 g/mol. The maximum atomic E-state index is 2.54. The summed E-state index contributed by atoms with van der Waals surface area (Å²) in [6, 6.07) is 0. The van der Waals surface area contributed by atoms with Crippen LogP contribution in [0.3, 0.4) is 0 Å². The number of imidazole rings is 1. The molecule has 0 aliphatic carbocycles. The SMILES string of the molecule is CCCCCCCCCCCCCCCn1cc[n+](CCCCC)c1CCC. The van der Waals surface area contributed by atoms with Crippen molar-refractivity contribution in [2.75, 3.05) is 0 Å². The summed E-state index contributed by atoms with van der Waals surface area (Å²) in [5.74, 6) is 1.55. The van der Waals surface area contributed by atoms with Gasteiger partial charge in [0.15, 0.2) is 0 Å². The maximum Gasteiger partial charge on any atom is 0.256 e. The van der Waals surface area contributed by atoms with Crippen LogP contribution in [0.2, 0.25) is 0 Å². The molecule has 0 amide bonds. The molecule has 2 heteroatoms. The van der Waals surface area contributed by atoms with E-state index in [1.165, 1.54) is 129 Å². The zero-order chi connectivity index (χ0) is 20.3. The van der Waals surface area contributed by atoms with Crippen molar-refractivity contribution < 1.29 is 4.57 Å². The summed E-state index contributed by atoms with van der Waals surface area (Å²) in [4.78, 5) is 0. The molecule has 1 rings (SSSR count). The Hall–Kier alpha value is -0.790. The average Bonchev–Trinajstić information content (AvgIpc) is 3.08. The van der Waals surface area contributed by atoms with Crippen molar-refractivity contribution in [1.29, 1.82) is 0 Å². The Kier molecular flexibility index (Phi) is 16.5. The van der Waals surface area contributed by atoms with Gasteiger partial charge in [-0.3, -0.25) is 0 Å². The van der Waals surface area contributed by atoms with Crippen molar-refractivity contribution in [2.45, 2.75) is 149 Å². The van der Waals surface area contributed by atoms with E-state index in [9.17, 15) is 0 Å². The molecule has 0 aliphatic rings. The van der Waals surface area contributed by atoms with Gasteiger partial charge in [-0.15, -0.1) is 0 Å².